The summed E-state index contributed by atoms with van der Waals surface area (Å²) in [5.41, 5.74) is -0.283. The molecule has 0 bridgehead atoms. The normalized spacial score (nSPS) is 28.7. The van der Waals surface area contributed by atoms with Gasteiger partial charge in [0.15, 0.2) is 0 Å². The highest BCUT2D eigenvalue weighted by molar-refractivity contribution is 5.86. The van der Waals surface area contributed by atoms with Crippen molar-refractivity contribution >= 4 is 5.91 Å². The fourth-order valence-electron chi connectivity index (χ4n) is 3.17. The zero-order valence-corrected chi connectivity index (χ0v) is 12.2. The molecular weight excluding hydrogens is 228 g/mol. The largest absolute Gasteiger partial charge is 0.368 e. The first-order valence-corrected chi connectivity index (χ1v) is 6.85. The van der Waals surface area contributed by atoms with E-state index in [0.717, 1.165) is 25.9 Å². The van der Waals surface area contributed by atoms with Crippen LogP contribution in [-0.2, 0) is 9.53 Å². The summed E-state index contributed by atoms with van der Waals surface area (Å²) in [5.74, 6) is 0.0650. The van der Waals surface area contributed by atoms with Gasteiger partial charge in [0.05, 0.1) is 0 Å². The van der Waals surface area contributed by atoms with E-state index in [1.165, 1.54) is 0 Å². The van der Waals surface area contributed by atoms with E-state index in [2.05, 4.69) is 38.3 Å². The number of carbonyl (C=O) groups is 1. The van der Waals surface area contributed by atoms with Crippen LogP contribution in [0, 0.1) is 10.8 Å². The predicted molar refractivity (Wildman–Crippen MR) is 71.3 cm³/mol. The molecule has 0 aromatic carbocycles. The molecule has 0 aromatic rings. The highest BCUT2D eigenvalue weighted by atomic mass is 16.5. The summed E-state index contributed by atoms with van der Waals surface area (Å²) >= 11 is 0. The monoisotopic (exact) mass is 254 g/mol. The van der Waals surface area contributed by atoms with Gasteiger partial charge in [-0.15, -0.1) is 0 Å². The third kappa shape index (κ3) is 1.86. The summed E-state index contributed by atoms with van der Waals surface area (Å²) in [5, 5.41) is 6.47. The molecule has 104 valence electrons. The van der Waals surface area contributed by atoms with Gasteiger partial charge in [-0.1, -0.05) is 27.7 Å². The Morgan fingerprint density at radius 2 is 1.67 bits per heavy atom. The number of hydrogen-bond donors (Lipinski definition) is 2. The number of piperidine rings is 1. The molecule has 1 heterocycles. The number of nitrogens with one attached hydrogen (secondary N) is 2. The highest BCUT2D eigenvalue weighted by Gasteiger charge is 2.66. The minimum Gasteiger partial charge on any atom is -0.368 e. The second-order valence-corrected chi connectivity index (χ2v) is 6.80. The number of carbonyl (C=O) groups excluding carboxylic acids is 1. The summed E-state index contributed by atoms with van der Waals surface area (Å²) in [6.07, 6.45) is 1.51. The number of rotatable bonds is 3. The Morgan fingerprint density at radius 1 is 1.17 bits per heavy atom. The Balaban J connectivity index is 2.04. The molecule has 1 aliphatic heterocycles. The van der Waals surface area contributed by atoms with E-state index in [4.69, 9.17) is 4.74 Å². The van der Waals surface area contributed by atoms with Crippen molar-refractivity contribution in [2.75, 3.05) is 20.2 Å². The van der Waals surface area contributed by atoms with E-state index in [-0.39, 0.29) is 22.8 Å². The first-order chi connectivity index (χ1) is 8.28. The van der Waals surface area contributed by atoms with Crippen LogP contribution in [0.4, 0.5) is 0 Å². The van der Waals surface area contributed by atoms with Crippen LogP contribution in [0.2, 0.25) is 0 Å². The molecule has 1 saturated carbocycles. The van der Waals surface area contributed by atoms with Gasteiger partial charge >= 0.3 is 0 Å². The molecule has 1 aliphatic carbocycles. The maximum Gasteiger partial charge on any atom is 0.252 e. The topological polar surface area (TPSA) is 50.4 Å². The van der Waals surface area contributed by atoms with Crippen LogP contribution in [0.5, 0.6) is 0 Å². The van der Waals surface area contributed by atoms with Crippen LogP contribution in [0.15, 0.2) is 0 Å². The Morgan fingerprint density at radius 3 is 2.06 bits per heavy atom. The van der Waals surface area contributed by atoms with Gasteiger partial charge in [0.1, 0.15) is 5.60 Å². The van der Waals surface area contributed by atoms with Crippen LogP contribution in [0.25, 0.3) is 0 Å². The van der Waals surface area contributed by atoms with Gasteiger partial charge in [-0.3, -0.25) is 4.79 Å². The van der Waals surface area contributed by atoms with Gasteiger partial charge in [0, 0.05) is 13.2 Å². The SMILES string of the molecule is COC1(C(=O)NC2C(C)(C)C2(C)C)CCNCC1. The van der Waals surface area contributed by atoms with Crippen molar-refractivity contribution in [3.63, 3.8) is 0 Å². The quantitative estimate of drug-likeness (QED) is 0.798. The van der Waals surface area contributed by atoms with Crippen molar-refractivity contribution < 1.29 is 9.53 Å². The van der Waals surface area contributed by atoms with Gasteiger partial charge in [0.2, 0.25) is 0 Å². The van der Waals surface area contributed by atoms with Gasteiger partial charge in [-0.25, -0.2) is 0 Å². The van der Waals surface area contributed by atoms with Crippen LogP contribution in [-0.4, -0.2) is 37.7 Å². The minimum atomic E-state index is -0.625. The molecule has 1 amide bonds. The summed E-state index contributed by atoms with van der Waals surface area (Å²) in [4.78, 5) is 12.5. The molecule has 0 atom stereocenters. The standard InChI is InChI=1S/C14H26N2O2/c1-12(2)10(13(12,3)4)16-11(17)14(18-5)6-8-15-9-7-14/h10,15H,6-9H2,1-5H3,(H,16,17). The molecule has 2 fully saturated rings. The van der Waals surface area contributed by atoms with Crippen LogP contribution >= 0.6 is 0 Å². The molecular formula is C14H26N2O2. The van der Waals surface area contributed by atoms with Crippen molar-refractivity contribution in [2.45, 2.75) is 52.2 Å². The van der Waals surface area contributed by atoms with Crippen molar-refractivity contribution in [3.05, 3.63) is 0 Å². The fraction of sp³-hybridized carbons (Fsp3) is 0.929. The third-order valence-corrected chi connectivity index (χ3v) is 5.51. The number of methoxy groups -OCH3 is 1. The number of amides is 1. The van der Waals surface area contributed by atoms with Crippen molar-refractivity contribution in [1.29, 1.82) is 0 Å². The van der Waals surface area contributed by atoms with E-state index >= 15 is 0 Å². The molecule has 0 unspecified atom stereocenters. The second kappa shape index (κ2) is 4.20. The van der Waals surface area contributed by atoms with Gasteiger partial charge < -0.3 is 15.4 Å². The first kappa shape index (κ1) is 13.8. The summed E-state index contributed by atoms with van der Waals surface area (Å²) in [6.45, 7) is 10.5. The molecule has 4 nitrogen and oxygen atoms in total. The first-order valence-electron chi connectivity index (χ1n) is 6.85. The smallest absolute Gasteiger partial charge is 0.252 e. The Bertz CT molecular complexity index is 330. The Hall–Kier alpha value is -0.610. The lowest BCUT2D eigenvalue weighted by Crippen LogP contribution is -2.55. The molecule has 18 heavy (non-hydrogen) atoms. The van der Waals surface area contributed by atoms with Gasteiger partial charge in [-0.05, 0) is 36.8 Å². The molecule has 2 N–H and O–H groups in total. The lowest BCUT2D eigenvalue weighted by molar-refractivity contribution is -0.147. The molecule has 2 aliphatic rings. The van der Waals surface area contributed by atoms with Crippen LogP contribution in [0.1, 0.15) is 40.5 Å². The lowest BCUT2D eigenvalue weighted by atomic mass is 9.91. The number of hydrogen-bond acceptors (Lipinski definition) is 3. The molecule has 0 aromatic heterocycles. The molecule has 4 heteroatoms. The summed E-state index contributed by atoms with van der Waals surface area (Å²) < 4.78 is 5.55. The maximum absolute atomic E-state index is 12.5. The van der Waals surface area contributed by atoms with Gasteiger partial charge in [-0.2, -0.15) is 0 Å². The van der Waals surface area contributed by atoms with Crippen molar-refractivity contribution in [1.82, 2.24) is 10.6 Å². The summed E-state index contributed by atoms with van der Waals surface area (Å²) in [7, 11) is 1.65. The lowest BCUT2D eigenvalue weighted by Gasteiger charge is -2.35. The highest BCUT2D eigenvalue weighted by Crippen LogP contribution is 2.62. The second-order valence-electron chi connectivity index (χ2n) is 6.80. The molecule has 0 radical (unpaired) electrons. The van der Waals surface area contributed by atoms with Crippen molar-refractivity contribution in [3.8, 4) is 0 Å². The molecule has 2 rings (SSSR count). The molecule has 1 saturated heterocycles. The Kier molecular flexibility index (Phi) is 3.23. The average molecular weight is 254 g/mol. The van der Waals surface area contributed by atoms with E-state index in [9.17, 15) is 4.79 Å². The zero-order valence-electron chi connectivity index (χ0n) is 12.2. The number of ether oxygens (including phenoxy) is 1. The Labute approximate surface area is 110 Å². The van der Waals surface area contributed by atoms with E-state index < -0.39 is 5.60 Å². The van der Waals surface area contributed by atoms with Crippen LogP contribution in [0.3, 0.4) is 0 Å². The fourth-order valence-corrected chi connectivity index (χ4v) is 3.17. The van der Waals surface area contributed by atoms with Crippen molar-refractivity contribution in [2.24, 2.45) is 10.8 Å². The van der Waals surface area contributed by atoms with E-state index in [1.54, 1.807) is 7.11 Å². The van der Waals surface area contributed by atoms with Crippen LogP contribution < -0.4 is 10.6 Å². The molecule has 0 spiro atoms. The minimum absolute atomic E-state index is 0.0650. The predicted octanol–water partition coefficient (Wildman–Crippen LogP) is 1.31. The van der Waals surface area contributed by atoms with Gasteiger partial charge in [0.25, 0.3) is 5.91 Å². The van der Waals surface area contributed by atoms with E-state index in [1.807, 2.05) is 0 Å². The average Bonchev–Trinajstić information content (AvgIpc) is 2.72. The zero-order chi connectivity index (χ0) is 13.6. The summed E-state index contributed by atoms with van der Waals surface area (Å²) in [6, 6.07) is 0.249. The third-order valence-electron chi connectivity index (χ3n) is 5.51. The van der Waals surface area contributed by atoms with E-state index in [0.29, 0.717) is 0 Å². The maximum atomic E-state index is 12.5.